The van der Waals surface area contributed by atoms with Crippen molar-refractivity contribution in [1.82, 2.24) is 10.6 Å². The lowest BCUT2D eigenvalue weighted by Gasteiger charge is -2.10. The van der Waals surface area contributed by atoms with E-state index in [0.29, 0.717) is 31.6 Å². The van der Waals surface area contributed by atoms with Gasteiger partial charge in [-0.3, -0.25) is 18.1 Å². The van der Waals surface area contributed by atoms with Crippen LogP contribution < -0.4 is 15.4 Å². The average Bonchev–Trinajstić information content (AvgIpc) is 2.70. The second-order valence-corrected chi connectivity index (χ2v) is 8.77. The molecule has 1 aromatic rings. The largest absolute Gasteiger partial charge is 0.755 e. The Balaban J connectivity index is 1.96. The highest BCUT2D eigenvalue weighted by molar-refractivity contribution is 7.80. The van der Waals surface area contributed by atoms with Crippen LogP contribution in [0.25, 0.3) is 0 Å². The first-order chi connectivity index (χ1) is 14.3. The molecule has 0 heterocycles. The highest BCUT2D eigenvalue weighted by Gasteiger charge is 2.17. The number of hydrogen-bond acceptors (Lipinski definition) is 7. The summed E-state index contributed by atoms with van der Waals surface area (Å²) in [6.45, 7) is 2.07. The normalized spacial score (nSPS) is 14.1. The molecule has 2 unspecified atom stereocenters. The highest BCUT2D eigenvalue weighted by Crippen LogP contribution is 2.41. The van der Waals surface area contributed by atoms with Gasteiger partial charge in [0, 0.05) is 43.6 Å². The van der Waals surface area contributed by atoms with Crippen molar-refractivity contribution in [3.05, 3.63) is 29.8 Å². The quantitative estimate of drug-likeness (QED) is 0.155. The van der Waals surface area contributed by atoms with E-state index in [-0.39, 0.29) is 12.5 Å². The number of anilines is 1. The van der Waals surface area contributed by atoms with Crippen molar-refractivity contribution in [2.45, 2.75) is 38.5 Å². The molecule has 2 atom stereocenters. The Bertz CT molecular complexity index is 691. The van der Waals surface area contributed by atoms with Crippen molar-refractivity contribution < 1.29 is 32.1 Å². The van der Waals surface area contributed by atoms with E-state index in [4.69, 9.17) is 9.42 Å². The summed E-state index contributed by atoms with van der Waals surface area (Å²) in [7, 11) is -2.75. The highest BCUT2D eigenvalue weighted by atomic mass is 32.2. The Labute approximate surface area is 180 Å². The number of rotatable bonds is 17. The summed E-state index contributed by atoms with van der Waals surface area (Å²) < 4.78 is 43.5. The van der Waals surface area contributed by atoms with Gasteiger partial charge < -0.3 is 24.8 Å². The van der Waals surface area contributed by atoms with Crippen molar-refractivity contribution in [2.24, 2.45) is 0 Å². The summed E-state index contributed by atoms with van der Waals surface area (Å²) in [5.41, 5.74) is 1.59. The van der Waals surface area contributed by atoms with Gasteiger partial charge in [0.2, 0.25) is 5.91 Å². The lowest BCUT2D eigenvalue weighted by atomic mass is 10.1. The predicted octanol–water partition coefficient (Wildman–Crippen LogP) is 1.85. The fourth-order valence-corrected chi connectivity index (χ4v) is 3.32. The molecule has 10 nitrogen and oxygen atoms in total. The summed E-state index contributed by atoms with van der Waals surface area (Å²) in [6.07, 6.45) is 4.40. The molecule has 0 aliphatic heterocycles. The predicted molar refractivity (Wildman–Crippen MR) is 114 cm³/mol. The third-order valence-electron chi connectivity index (χ3n) is 4.15. The van der Waals surface area contributed by atoms with E-state index in [9.17, 15) is 18.1 Å². The molecule has 1 amide bonds. The van der Waals surface area contributed by atoms with E-state index in [0.717, 1.165) is 44.9 Å². The van der Waals surface area contributed by atoms with Crippen molar-refractivity contribution >= 4 is 30.7 Å². The topological polar surface area (TPSA) is 149 Å². The van der Waals surface area contributed by atoms with E-state index >= 15 is 0 Å². The van der Waals surface area contributed by atoms with Gasteiger partial charge in [-0.05, 0) is 43.5 Å². The lowest BCUT2D eigenvalue weighted by molar-refractivity contribution is -0.121. The Morgan fingerprint density at radius 3 is 2.50 bits per heavy atom. The molecule has 0 aliphatic carbocycles. The van der Waals surface area contributed by atoms with Gasteiger partial charge in [-0.15, -0.1) is 0 Å². The molecule has 0 saturated carbocycles. The molecule has 30 heavy (non-hydrogen) atoms. The van der Waals surface area contributed by atoms with Gasteiger partial charge in [-0.2, -0.15) is 0 Å². The van der Waals surface area contributed by atoms with E-state index in [1.54, 1.807) is 12.1 Å². The summed E-state index contributed by atoms with van der Waals surface area (Å²) in [4.78, 5) is 20.8. The summed E-state index contributed by atoms with van der Waals surface area (Å²) in [5, 5.41) is 6.08. The Morgan fingerprint density at radius 2 is 1.83 bits per heavy atom. The minimum Gasteiger partial charge on any atom is -0.755 e. The smallest absolute Gasteiger partial charge is 0.471 e. The van der Waals surface area contributed by atoms with Gasteiger partial charge in [0.25, 0.3) is 0 Å². The summed E-state index contributed by atoms with van der Waals surface area (Å²) in [5.74, 6) is -0.00631. The Kier molecular flexibility index (Phi) is 13.8. The van der Waals surface area contributed by atoms with Gasteiger partial charge in [0.05, 0.1) is 6.61 Å². The van der Waals surface area contributed by atoms with Crippen LogP contribution in [-0.2, 0) is 36.1 Å². The van der Waals surface area contributed by atoms with E-state index in [1.165, 1.54) is 0 Å². The van der Waals surface area contributed by atoms with Gasteiger partial charge >= 0.3 is 7.82 Å². The zero-order valence-electron chi connectivity index (χ0n) is 17.1. The van der Waals surface area contributed by atoms with Crippen molar-refractivity contribution in [3.8, 4) is 0 Å². The first kappa shape index (κ1) is 26.7. The number of carbonyl (C=O) groups is 1. The van der Waals surface area contributed by atoms with Crippen molar-refractivity contribution in [1.29, 1.82) is 0 Å². The van der Waals surface area contributed by atoms with E-state index < -0.39 is 19.1 Å². The minimum absolute atomic E-state index is 0.00631. The number of amides is 1. The number of hydrogen-bond donors (Lipinski definition) is 4. The first-order valence-electron chi connectivity index (χ1n) is 9.78. The van der Waals surface area contributed by atoms with E-state index in [1.807, 2.05) is 12.1 Å². The Morgan fingerprint density at radius 1 is 1.13 bits per heavy atom. The molecule has 0 saturated heterocycles. The number of unbranched alkanes of at least 4 members (excludes halogenated alkanes) is 3. The van der Waals surface area contributed by atoms with Crippen LogP contribution in [0.3, 0.4) is 0 Å². The third kappa shape index (κ3) is 13.8. The van der Waals surface area contributed by atoms with Gasteiger partial charge in [0.15, 0.2) is 0 Å². The number of carbonyl (C=O) groups excluding carboxylic acids is 1. The number of nitrogens with one attached hydrogen (secondary N) is 3. The van der Waals surface area contributed by atoms with Crippen molar-refractivity contribution in [3.63, 3.8) is 0 Å². The Hall–Kier alpha value is -1.33. The summed E-state index contributed by atoms with van der Waals surface area (Å²) >= 11 is -2.32. The summed E-state index contributed by atoms with van der Waals surface area (Å²) in [6, 6.07) is 7.12. The molecule has 0 aromatic heterocycles. The molecule has 1 rings (SSSR count). The molecule has 1 aromatic carbocycles. The fourth-order valence-electron chi connectivity index (χ4n) is 2.52. The maximum atomic E-state index is 11.8. The van der Waals surface area contributed by atoms with Crippen LogP contribution in [0.5, 0.6) is 0 Å². The second-order valence-electron chi connectivity index (χ2n) is 6.53. The standard InChI is InChI=1S/C18H32N3O7PS/c1-27-29(23,24)28-15-5-3-2-4-12-20-18(22)11-14-19-13-10-16-6-8-17(9-7-16)21-30(25)26/h6-9,19,21H,2-5,10-15H2,1H3,(H,20,22)(H,23,24)(H,25,26)/p-1. The lowest BCUT2D eigenvalue weighted by Crippen LogP contribution is -2.29. The molecular formula is C18H31N3O7PS-. The number of phosphoric acid groups is 1. The van der Waals surface area contributed by atoms with Crippen LogP contribution in [0.2, 0.25) is 0 Å². The van der Waals surface area contributed by atoms with Crippen molar-refractivity contribution in [2.75, 3.05) is 38.1 Å². The average molecular weight is 465 g/mol. The van der Waals surface area contributed by atoms with Gasteiger partial charge in [0.1, 0.15) is 0 Å². The van der Waals surface area contributed by atoms with Gasteiger partial charge in [-0.1, -0.05) is 25.0 Å². The zero-order chi connectivity index (χ0) is 22.2. The van der Waals surface area contributed by atoms with Crippen LogP contribution in [0.1, 0.15) is 37.7 Å². The maximum Gasteiger partial charge on any atom is 0.471 e. The molecule has 0 spiro atoms. The SMILES string of the molecule is COP(=O)(O)OCCCCCCNC(=O)CCNCCc1ccc(NS(=O)[O-])cc1. The molecule has 172 valence electrons. The van der Waals surface area contributed by atoms with Crippen LogP contribution in [-0.4, -0.2) is 52.9 Å². The molecule has 0 aliphatic rings. The van der Waals surface area contributed by atoms with Gasteiger partial charge in [-0.25, -0.2) is 4.57 Å². The number of benzene rings is 1. The fraction of sp³-hybridized carbons (Fsp3) is 0.611. The zero-order valence-corrected chi connectivity index (χ0v) is 18.8. The molecule has 12 heteroatoms. The molecule has 0 fully saturated rings. The third-order valence-corrected chi connectivity index (χ3v) is 5.53. The van der Waals surface area contributed by atoms with E-state index in [2.05, 4.69) is 19.9 Å². The molecular weight excluding hydrogens is 433 g/mol. The van der Waals surface area contributed by atoms with Crippen LogP contribution >= 0.6 is 7.82 Å². The minimum atomic E-state index is -3.87. The van der Waals surface area contributed by atoms with Crippen LogP contribution in [0, 0.1) is 0 Å². The van der Waals surface area contributed by atoms with Crippen LogP contribution in [0.15, 0.2) is 24.3 Å². The number of phosphoric ester groups is 1. The molecule has 0 radical (unpaired) electrons. The van der Waals surface area contributed by atoms with Crippen LogP contribution in [0.4, 0.5) is 5.69 Å². The first-order valence-corrected chi connectivity index (χ1v) is 12.3. The maximum absolute atomic E-state index is 11.8. The monoisotopic (exact) mass is 464 g/mol. The second kappa shape index (κ2) is 15.5. The molecule has 0 bridgehead atoms. The molecule has 4 N–H and O–H groups in total.